The molecule has 0 aromatic heterocycles. The summed E-state index contributed by atoms with van der Waals surface area (Å²) >= 11 is 0. The molecule has 0 saturated carbocycles. The van der Waals surface area contributed by atoms with Gasteiger partial charge in [0, 0.05) is 46.5 Å². The van der Waals surface area contributed by atoms with E-state index in [9.17, 15) is 8.42 Å². The minimum atomic E-state index is -3.31. The number of aliphatic imine (C=N–C) groups is 1. The summed E-state index contributed by atoms with van der Waals surface area (Å²) in [5.41, 5.74) is 0. The molecule has 0 bridgehead atoms. The van der Waals surface area contributed by atoms with Crippen LogP contribution in [0.3, 0.4) is 0 Å². The molecule has 3 N–H and O–H groups in total. The standard InChI is InChI=1S/C15H32N4O4S.HI/c1-3-22-10-6-8-17-15(16-2)18-9-12-24(20,21)19-13-14-7-4-5-11-23-14;/h14,19H,3-13H2,1-2H3,(H2,16,17,18);1H. The topological polar surface area (TPSA) is 101 Å². The van der Waals surface area contributed by atoms with E-state index in [2.05, 4.69) is 20.3 Å². The van der Waals surface area contributed by atoms with Gasteiger partial charge in [-0.3, -0.25) is 4.99 Å². The number of halogens is 1. The molecule has 1 unspecified atom stereocenters. The third-order valence-electron chi connectivity index (χ3n) is 3.65. The van der Waals surface area contributed by atoms with Crippen molar-refractivity contribution in [3.8, 4) is 0 Å². The van der Waals surface area contributed by atoms with Gasteiger partial charge in [0.15, 0.2) is 5.96 Å². The van der Waals surface area contributed by atoms with Crippen LogP contribution in [0, 0.1) is 0 Å². The Balaban J connectivity index is 0.00000576. The number of nitrogens with zero attached hydrogens (tertiary/aromatic N) is 1. The highest BCUT2D eigenvalue weighted by Gasteiger charge is 2.17. The van der Waals surface area contributed by atoms with Crippen LogP contribution in [0.2, 0.25) is 0 Å². The van der Waals surface area contributed by atoms with Gasteiger partial charge in [-0.25, -0.2) is 13.1 Å². The maximum Gasteiger partial charge on any atom is 0.213 e. The minimum absolute atomic E-state index is 0. The zero-order valence-corrected chi connectivity index (χ0v) is 18.4. The van der Waals surface area contributed by atoms with Gasteiger partial charge in [0.05, 0.1) is 11.9 Å². The first-order valence-corrected chi connectivity index (χ1v) is 10.3. The van der Waals surface area contributed by atoms with Crippen LogP contribution in [-0.4, -0.2) is 72.7 Å². The molecule has 0 radical (unpaired) electrons. The Morgan fingerprint density at radius 1 is 1.28 bits per heavy atom. The molecule has 1 saturated heterocycles. The highest BCUT2D eigenvalue weighted by Crippen LogP contribution is 2.11. The van der Waals surface area contributed by atoms with Gasteiger partial charge < -0.3 is 20.1 Å². The Hall–Kier alpha value is -0.170. The lowest BCUT2D eigenvalue weighted by Gasteiger charge is -2.22. The van der Waals surface area contributed by atoms with E-state index in [1.54, 1.807) is 7.05 Å². The van der Waals surface area contributed by atoms with Gasteiger partial charge in [-0.1, -0.05) is 0 Å². The Kier molecular flexibility index (Phi) is 14.8. The van der Waals surface area contributed by atoms with Crippen LogP contribution in [0.15, 0.2) is 4.99 Å². The number of nitrogens with one attached hydrogen (secondary N) is 3. The van der Waals surface area contributed by atoms with Crippen molar-refractivity contribution in [2.75, 3.05) is 52.3 Å². The Bertz CT molecular complexity index is 456. The summed E-state index contributed by atoms with van der Waals surface area (Å²) in [6.07, 6.45) is 3.94. The van der Waals surface area contributed by atoms with E-state index in [-0.39, 0.29) is 35.8 Å². The molecule has 10 heteroatoms. The molecule has 0 spiro atoms. The normalized spacial score (nSPS) is 18.5. The van der Waals surface area contributed by atoms with E-state index in [0.29, 0.717) is 32.3 Å². The number of hydrogen-bond acceptors (Lipinski definition) is 5. The van der Waals surface area contributed by atoms with Crippen LogP contribution in [0.4, 0.5) is 0 Å². The third-order valence-corrected chi connectivity index (χ3v) is 5.00. The lowest BCUT2D eigenvalue weighted by atomic mass is 10.1. The average molecular weight is 492 g/mol. The van der Waals surface area contributed by atoms with Gasteiger partial charge in [-0.05, 0) is 32.6 Å². The Labute approximate surface area is 169 Å². The monoisotopic (exact) mass is 492 g/mol. The van der Waals surface area contributed by atoms with Gasteiger partial charge in [0.2, 0.25) is 10.0 Å². The molecule has 1 aliphatic rings. The molecule has 1 rings (SSSR count). The second kappa shape index (κ2) is 14.9. The highest BCUT2D eigenvalue weighted by atomic mass is 127. The van der Waals surface area contributed by atoms with E-state index in [1.807, 2.05) is 6.92 Å². The van der Waals surface area contributed by atoms with Crippen LogP contribution < -0.4 is 15.4 Å². The molecule has 1 fully saturated rings. The molecular weight excluding hydrogens is 459 g/mol. The van der Waals surface area contributed by atoms with E-state index >= 15 is 0 Å². The Morgan fingerprint density at radius 3 is 2.68 bits per heavy atom. The van der Waals surface area contributed by atoms with Crippen molar-refractivity contribution in [3.63, 3.8) is 0 Å². The minimum Gasteiger partial charge on any atom is -0.382 e. The average Bonchev–Trinajstić information content (AvgIpc) is 2.59. The fourth-order valence-electron chi connectivity index (χ4n) is 2.31. The fraction of sp³-hybridized carbons (Fsp3) is 0.933. The zero-order valence-electron chi connectivity index (χ0n) is 15.3. The number of ether oxygens (including phenoxy) is 2. The summed E-state index contributed by atoms with van der Waals surface area (Å²) in [5.74, 6) is 0.594. The quantitative estimate of drug-likeness (QED) is 0.170. The summed E-state index contributed by atoms with van der Waals surface area (Å²) in [6, 6.07) is 0. The zero-order chi connectivity index (χ0) is 17.7. The largest absolute Gasteiger partial charge is 0.382 e. The number of sulfonamides is 1. The summed E-state index contributed by atoms with van der Waals surface area (Å²) < 4.78 is 37.4. The van der Waals surface area contributed by atoms with Crippen LogP contribution in [0.5, 0.6) is 0 Å². The number of rotatable bonds is 11. The molecule has 1 heterocycles. The fourth-order valence-corrected chi connectivity index (χ4v) is 3.27. The van der Waals surface area contributed by atoms with Crippen LogP contribution in [0.25, 0.3) is 0 Å². The molecular formula is C15H33IN4O4S. The van der Waals surface area contributed by atoms with Gasteiger partial charge in [0.1, 0.15) is 0 Å². The molecule has 0 aromatic carbocycles. The lowest BCUT2D eigenvalue weighted by Crippen LogP contribution is -2.42. The molecule has 0 aliphatic carbocycles. The number of guanidine groups is 1. The second-order valence-corrected chi connectivity index (χ2v) is 7.56. The Morgan fingerprint density at radius 2 is 2.04 bits per heavy atom. The first-order chi connectivity index (χ1) is 11.6. The van der Waals surface area contributed by atoms with Gasteiger partial charge in [-0.15, -0.1) is 24.0 Å². The van der Waals surface area contributed by atoms with Crippen LogP contribution in [0.1, 0.15) is 32.6 Å². The molecule has 8 nitrogen and oxygen atoms in total. The summed E-state index contributed by atoms with van der Waals surface area (Å²) in [7, 11) is -1.65. The van der Waals surface area contributed by atoms with Crippen LogP contribution in [-0.2, 0) is 19.5 Å². The SMILES string of the molecule is CCOCCCNC(=NC)NCCS(=O)(=O)NCC1CCCCO1.I. The van der Waals surface area contributed by atoms with Gasteiger partial charge >= 0.3 is 0 Å². The van der Waals surface area contributed by atoms with E-state index in [4.69, 9.17) is 9.47 Å². The highest BCUT2D eigenvalue weighted by molar-refractivity contribution is 14.0. The van der Waals surface area contributed by atoms with E-state index in [0.717, 1.165) is 38.8 Å². The molecule has 0 aromatic rings. The molecule has 25 heavy (non-hydrogen) atoms. The first kappa shape index (κ1) is 24.8. The molecule has 0 amide bonds. The summed E-state index contributed by atoms with van der Waals surface area (Å²) in [5, 5.41) is 6.12. The van der Waals surface area contributed by atoms with Crippen molar-refractivity contribution in [2.24, 2.45) is 4.99 Å². The third kappa shape index (κ3) is 12.8. The maximum atomic E-state index is 12.0. The van der Waals surface area contributed by atoms with Crippen molar-refractivity contribution in [2.45, 2.75) is 38.7 Å². The summed E-state index contributed by atoms with van der Waals surface area (Å²) in [4.78, 5) is 4.06. The van der Waals surface area contributed by atoms with E-state index < -0.39 is 10.0 Å². The first-order valence-electron chi connectivity index (χ1n) is 8.68. The summed E-state index contributed by atoms with van der Waals surface area (Å²) in [6.45, 7) is 5.47. The van der Waals surface area contributed by atoms with Gasteiger partial charge in [-0.2, -0.15) is 0 Å². The smallest absolute Gasteiger partial charge is 0.213 e. The van der Waals surface area contributed by atoms with Crippen molar-refractivity contribution in [1.29, 1.82) is 0 Å². The predicted octanol–water partition coefficient (Wildman–Crippen LogP) is 0.685. The lowest BCUT2D eigenvalue weighted by molar-refractivity contribution is 0.0200. The van der Waals surface area contributed by atoms with Crippen molar-refractivity contribution in [1.82, 2.24) is 15.4 Å². The molecule has 1 aliphatic heterocycles. The van der Waals surface area contributed by atoms with Crippen molar-refractivity contribution in [3.05, 3.63) is 0 Å². The van der Waals surface area contributed by atoms with Crippen LogP contribution >= 0.6 is 24.0 Å². The molecule has 150 valence electrons. The molecule has 1 atom stereocenters. The predicted molar refractivity (Wildman–Crippen MR) is 111 cm³/mol. The van der Waals surface area contributed by atoms with Crippen molar-refractivity contribution < 1.29 is 17.9 Å². The van der Waals surface area contributed by atoms with Crippen molar-refractivity contribution >= 4 is 40.0 Å². The maximum absolute atomic E-state index is 12.0. The van der Waals surface area contributed by atoms with E-state index in [1.165, 1.54) is 0 Å². The van der Waals surface area contributed by atoms with Gasteiger partial charge in [0.25, 0.3) is 0 Å². The second-order valence-electron chi connectivity index (χ2n) is 5.63. The number of hydrogen-bond donors (Lipinski definition) is 3.